The van der Waals surface area contributed by atoms with Crippen molar-refractivity contribution >= 4 is 11.9 Å². The lowest BCUT2D eigenvalue weighted by atomic mass is 9.72. The summed E-state index contributed by atoms with van der Waals surface area (Å²) in [4.78, 5) is 26.2. The molecule has 146 valence electrons. The molecule has 1 spiro atoms. The number of urea groups is 1. The van der Waals surface area contributed by atoms with Gasteiger partial charge in [-0.1, -0.05) is 12.1 Å². The molecule has 0 aromatic heterocycles. The molecule has 2 saturated heterocycles. The molecule has 0 radical (unpaired) electrons. The average Bonchev–Trinajstić information content (AvgIpc) is 3.05. The van der Waals surface area contributed by atoms with Crippen molar-refractivity contribution in [3.63, 3.8) is 0 Å². The second-order valence-electron chi connectivity index (χ2n) is 8.51. The number of halogens is 1. The van der Waals surface area contributed by atoms with E-state index in [4.69, 9.17) is 0 Å². The lowest BCUT2D eigenvalue weighted by Crippen LogP contribution is -2.49. The Kier molecular flexibility index (Phi) is 5.06. The fraction of sp³-hybridized carbons (Fsp3) is 0.619. The fourth-order valence-corrected chi connectivity index (χ4v) is 4.91. The molecule has 4 rings (SSSR count). The second kappa shape index (κ2) is 7.49. The van der Waals surface area contributed by atoms with Crippen molar-refractivity contribution in [2.75, 3.05) is 19.6 Å². The first-order valence-electron chi connectivity index (χ1n) is 10.1. The highest BCUT2D eigenvalue weighted by Gasteiger charge is 2.41. The van der Waals surface area contributed by atoms with Crippen LogP contribution in [-0.2, 0) is 4.79 Å². The molecular formula is C21H28FN3O2. The van der Waals surface area contributed by atoms with Gasteiger partial charge in [0.05, 0.1) is 0 Å². The minimum absolute atomic E-state index is 0.0170. The molecule has 0 bridgehead atoms. The molecule has 3 aliphatic rings. The smallest absolute Gasteiger partial charge is 0.317 e. The third kappa shape index (κ3) is 4.09. The van der Waals surface area contributed by atoms with E-state index >= 15 is 0 Å². The van der Waals surface area contributed by atoms with Crippen LogP contribution in [0.5, 0.6) is 0 Å². The standard InChI is InChI=1S/C21H28FN3O2/c22-17-5-3-15(4-6-17)16-2-1-11-25(13-16)20(27)24-18-7-9-21(10-8-18)12-19(26)23-14-21/h3-6,16,18H,1-2,7-14H2,(H,23,26)(H,24,27). The quantitative estimate of drug-likeness (QED) is 0.837. The first-order valence-corrected chi connectivity index (χ1v) is 10.1. The average molecular weight is 373 g/mol. The van der Waals surface area contributed by atoms with Crippen LogP contribution in [0, 0.1) is 11.2 Å². The number of piperidine rings is 1. The van der Waals surface area contributed by atoms with Crippen LogP contribution in [0.15, 0.2) is 24.3 Å². The molecule has 6 heteroatoms. The Bertz CT molecular complexity index is 698. The maximum Gasteiger partial charge on any atom is 0.317 e. The first kappa shape index (κ1) is 18.3. The van der Waals surface area contributed by atoms with E-state index in [1.807, 2.05) is 17.0 Å². The van der Waals surface area contributed by atoms with E-state index in [0.29, 0.717) is 13.0 Å². The van der Waals surface area contributed by atoms with Gasteiger partial charge in [0.15, 0.2) is 0 Å². The van der Waals surface area contributed by atoms with Crippen LogP contribution in [0.1, 0.15) is 56.4 Å². The Morgan fingerprint density at radius 2 is 1.93 bits per heavy atom. The third-order valence-electron chi connectivity index (χ3n) is 6.62. The molecule has 1 unspecified atom stereocenters. The van der Waals surface area contributed by atoms with Gasteiger partial charge in [-0.15, -0.1) is 0 Å². The van der Waals surface area contributed by atoms with Gasteiger partial charge < -0.3 is 15.5 Å². The van der Waals surface area contributed by atoms with E-state index in [1.165, 1.54) is 12.1 Å². The van der Waals surface area contributed by atoms with Gasteiger partial charge in [-0.2, -0.15) is 0 Å². The molecule has 1 aliphatic carbocycles. The Hall–Kier alpha value is -2.11. The maximum atomic E-state index is 13.2. The van der Waals surface area contributed by atoms with Crippen molar-refractivity contribution in [1.29, 1.82) is 0 Å². The number of carbonyl (C=O) groups is 2. The number of nitrogens with one attached hydrogen (secondary N) is 2. The van der Waals surface area contributed by atoms with Crippen molar-refractivity contribution in [1.82, 2.24) is 15.5 Å². The Morgan fingerprint density at radius 1 is 1.19 bits per heavy atom. The monoisotopic (exact) mass is 373 g/mol. The van der Waals surface area contributed by atoms with E-state index in [-0.39, 0.29) is 35.1 Å². The van der Waals surface area contributed by atoms with Crippen LogP contribution in [0.3, 0.4) is 0 Å². The lowest BCUT2D eigenvalue weighted by molar-refractivity contribution is -0.119. The van der Waals surface area contributed by atoms with Crippen LogP contribution in [0.25, 0.3) is 0 Å². The molecule has 1 atom stereocenters. The zero-order valence-electron chi connectivity index (χ0n) is 15.7. The number of nitrogens with zero attached hydrogens (tertiary/aromatic N) is 1. The second-order valence-corrected chi connectivity index (χ2v) is 8.51. The molecule has 2 N–H and O–H groups in total. The SMILES string of the molecule is O=C1CC2(CCC(NC(=O)N3CCCC(c4ccc(F)cc4)C3)CC2)CN1. The highest BCUT2D eigenvalue weighted by molar-refractivity contribution is 5.79. The maximum absolute atomic E-state index is 13.2. The van der Waals surface area contributed by atoms with E-state index in [1.54, 1.807) is 0 Å². The number of carbonyl (C=O) groups excluding carboxylic acids is 2. The van der Waals surface area contributed by atoms with E-state index in [9.17, 15) is 14.0 Å². The summed E-state index contributed by atoms with van der Waals surface area (Å²) in [6.07, 6.45) is 6.51. The van der Waals surface area contributed by atoms with Crippen molar-refractivity contribution in [2.45, 2.75) is 56.9 Å². The van der Waals surface area contributed by atoms with Gasteiger partial charge in [0.1, 0.15) is 5.82 Å². The Morgan fingerprint density at radius 3 is 2.59 bits per heavy atom. The number of likely N-dealkylation sites (tertiary alicyclic amines) is 1. The van der Waals surface area contributed by atoms with E-state index in [2.05, 4.69) is 10.6 Å². The van der Waals surface area contributed by atoms with Gasteiger partial charge in [0.2, 0.25) is 5.91 Å². The zero-order chi connectivity index (χ0) is 18.9. The zero-order valence-corrected chi connectivity index (χ0v) is 15.7. The summed E-state index contributed by atoms with van der Waals surface area (Å²) >= 11 is 0. The Labute approximate surface area is 159 Å². The summed E-state index contributed by atoms with van der Waals surface area (Å²) < 4.78 is 13.2. The Balaban J connectivity index is 1.29. The van der Waals surface area contributed by atoms with Crippen LogP contribution in [0.4, 0.5) is 9.18 Å². The fourth-order valence-electron chi connectivity index (χ4n) is 4.91. The van der Waals surface area contributed by atoms with Crippen molar-refractivity contribution in [3.8, 4) is 0 Å². The summed E-state index contributed by atoms with van der Waals surface area (Å²) in [5.41, 5.74) is 1.23. The summed E-state index contributed by atoms with van der Waals surface area (Å²) in [5, 5.41) is 6.16. The van der Waals surface area contributed by atoms with Gasteiger partial charge in [-0.25, -0.2) is 9.18 Å². The highest BCUT2D eigenvalue weighted by Crippen LogP contribution is 2.41. The number of hydrogen-bond donors (Lipinski definition) is 2. The third-order valence-corrected chi connectivity index (χ3v) is 6.62. The molecule has 1 saturated carbocycles. The molecule has 1 aromatic carbocycles. The minimum atomic E-state index is -0.224. The summed E-state index contributed by atoms with van der Waals surface area (Å²) in [5.74, 6) is 0.214. The van der Waals surface area contributed by atoms with Crippen molar-refractivity contribution < 1.29 is 14.0 Å². The molecule has 3 fully saturated rings. The summed E-state index contributed by atoms with van der Waals surface area (Å²) in [6.45, 7) is 2.25. The predicted octanol–water partition coefficient (Wildman–Crippen LogP) is 3.16. The van der Waals surface area contributed by atoms with Gasteiger partial charge in [0, 0.05) is 38.0 Å². The number of amides is 3. The predicted molar refractivity (Wildman–Crippen MR) is 101 cm³/mol. The van der Waals surface area contributed by atoms with E-state index in [0.717, 1.165) is 57.2 Å². The molecule has 2 heterocycles. The number of rotatable bonds is 2. The molecule has 27 heavy (non-hydrogen) atoms. The number of benzene rings is 1. The topological polar surface area (TPSA) is 61.4 Å². The minimum Gasteiger partial charge on any atom is -0.356 e. The van der Waals surface area contributed by atoms with E-state index < -0.39 is 0 Å². The van der Waals surface area contributed by atoms with Gasteiger partial charge in [0.25, 0.3) is 0 Å². The van der Waals surface area contributed by atoms with Crippen LogP contribution >= 0.6 is 0 Å². The van der Waals surface area contributed by atoms with Gasteiger partial charge >= 0.3 is 6.03 Å². The summed E-state index contributed by atoms with van der Waals surface area (Å²) in [6, 6.07) is 6.87. The normalized spacial score (nSPS) is 31.0. The molecule has 3 amide bonds. The summed E-state index contributed by atoms with van der Waals surface area (Å²) in [7, 11) is 0. The molecule has 1 aromatic rings. The largest absolute Gasteiger partial charge is 0.356 e. The van der Waals surface area contributed by atoms with Crippen LogP contribution in [-0.4, -0.2) is 42.5 Å². The lowest BCUT2D eigenvalue weighted by Gasteiger charge is -2.38. The highest BCUT2D eigenvalue weighted by atomic mass is 19.1. The van der Waals surface area contributed by atoms with Gasteiger partial charge in [-0.3, -0.25) is 4.79 Å². The molecule has 5 nitrogen and oxygen atoms in total. The van der Waals surface area contributed by atoms with Crippen molar-refractivity contribution in [2.24, 2.45) is 5.41 Å². The first-order chi connectivity index (χ1) is 13.0. The molecule has 2 aliphatic heterocycles. The molecular weight excluding hydrogens is 345 g/mol. The number of hydrogen-bond acceptors (Lipinski definition) is 2. The van der Waals surface area contributed by atoms with Gasteiger partial charge in [-0.05, 0) is 61.6 Å². The van der Waals surface area contributed by atoms with Crippen molar-refractivity contribution in [3.05, 3.63) is 35.6 Å². The van der Waals surface area contributed by atoms with Crippen LogP contribution in [0.2, 0.25) is 0 Å². The van der Waals surface area contributed by atoms with Crippen LogP contribution < -0.4 is 10.6 Å².